The molecule has 2 nitrogen and oxygen atoms in total. The van der Waals surface area contributed by atoms with E-state index in [-0.39, 0.29) is 6.04 Å². The van der Waals surface area contributed by atoms with Crippen LogP contribution < -0.4 is 10.1 Å². The van der Waals surface area contributed by atoms with Gasteiger partial charge in [0.2, 0.25) is 0 Å². The van der Waals surface area contributed by atoms with Gasteiger partial charge in [-0.2, -0.15) is 0 Å². The number of benzene rings is 2. The highest BCUT2D eigenvalue weighted by molar-refractivity contribution is 6.30. The Balaban J connectivity index is 2.33. The summed E-state index contributed by atoms with van der Waals surface area (Å²) in [5.41, 5.74) is 2.17. The highest BCUT2D eigenvalue weighted by atomic mass is 35.5. The topological polar surface area (TPSA) is 21.3 Å². The molecule has 0 spiro atoms. The lowest BCUT2D eigenvalue weighted by molar-refractivity contribution is 0.463. The van der Waals surface area contributed by atoms with E-state index in [4.69, 9.17) is 16.3 Å². The molecule has 100 valence electrons. The highest BCUT2D eigenvalue weighted by Gasteiger charge is 2.11. The van der Waals surface area contributed by atoms with Crippen LogP contribution in [0, 0.1) is 6.92 Å². The lowest BCUT2D eigenvalue weighted by atomic mass is 10.1. The average Bonchev–Trinajstić information content (AvgIpc) is 2.41. The minimum Gasteiger partial charge on any atom is -0.457 e. The van der Waals surface area contributed by atoms with E-state index in [0.29, 0.717) is 0 Å². The summed E-state index contributed by atoms with van der Waals surface area (Å²) >= 11 is 5.96. The van der Waals surface area contributed by atoms with Crippen LogP contribution in [0.1, 0.15) is 24.1 Å². The first-order valence-electron chi connectivity index (χ1n) is 6.32. The third kappa shape index (κ3) is 3.28. The van der Waals surface area contributed by atoms with Crippen LogP contribution in [0.15, 0.2) is 42.5 Å². The van der Waals surface area contributed by atoms with Gasteiger partial charge >= 0.3 is 0 Å². The smallest absolute Gasteiger partial charge is 0.132 e. The molecule has 0 aliphatic rings. The maximum atomic E-state index is 6.02. The lowest BCUT2D eigenvalue weighted by Gasteiger charge is -2.17. The molecule has 0 aliphatic carbocycles. The van der Waals surface area contributed by atoms with Crippen molar-refractivity contribution in [2.24, 2.45) is 0 Å². The molecule has 0 fully saturated rings. The zero-order valence-corrected chi connectivity index (χ0v) is 12.2. The number of nitrogens with one attached hydrogen (secondary N) is 1. The quantitative estimate of drug-likeness (QED) is 0.872. The fraction of sp³-hybridized carbons (Fsp3) is 0.250. The van der Waals surface area contributed by atoms with Gasteiger partial charge in [-0.1, -0.05) is 29.8 Å². The number of ether oxygens (including phenoxy) is 1. The fourth-order valence-corrected chi connectivity index (χ4v) is 2.16. The molecule has 0 aliphatic heterocycles. The number of hydrogen-bond acceptors (Lipinski definition) is 2. The third-order valence-corrected chi connectivity index (χ3v) is 3.41. The van der Waals surface area contributed by atoms with Crippen LogP contribution >= 0.6 is 11.6 Å². The van der Waals surface area contributed by atoms with Crippen molar-refractivity contribution in [3.63, 3.8) is 0 Å². The van der Waals surface area contributed by atoms with E-state index in [2.05, 4.69) is 18.3 Å². The van der Waals surface area contributed by atoms with Gasteiger partial charge in [0.1, 0.15) is 11.5 Å². The van der Waals surface area contributed by atoms with Crippen molar-refractivity contribution in [3.8, 4) is 11.5 Å². The Bertz CT molecular complexity index is 568. The van der Waals surface area contributed by atoms with E-state index >= 15 is 0 Å². The number of hydrogen-bond donors (Lipinski definition) is 1. The van der Waals surface area contributed by atoms with Crippen LogP contribution in [-0.4, -0.2) is 7.05 Å². The number of rotatable bonds is 4. The molecule has 0 aromatic heterocycles. The van der Waals surface area contributed by atoms with Crippen LogP contribution in [-0.2, 0) is 0 Å². The normalized spacial score (nSPS) is 12.2. The van der Waals surface area contributed by atoms with Crippen molar-refractivity contribution < 1.29 is 4.74 Å². The number of halogens is 1. The molecule has 2 aromatic rings. The van der Waals surface area contributed by atoms with E-state index in [1.54, 1.807) is 0 Å². The van der Waals surface area contributed by atoms with Gasteiger partial charge in [-0.05, 0) is 50.7 Å². The minimum atomic E-state index is 0.240. The van der Waals surface area contributed by atoms with E-state index in [1.165, 1.54) is 0 Å². The molecule has 2 rings (SSSR count). The van der Waals surface area contributed by atoms with Crippen molar-refractivity contribution in [3.05, 3.63) is 58.6 Å². The lowest BCUT2D eigenvalue weighted by Crippen LogP contribution is -2.13. The third-order valence-electron chi connectivity index (χ3n) is 3.18. The summed E-state index contributed by atoms with van der Waals surface area (Å²) in [6.45, 7) is 4.10. The van der Waals surface area contributed by atoms with Gasteiger partial charge in [-0.15, -0.1) is 0 Å². The zero-order chi connectivity index (χ0) is 13.8. The number of para-hydroxylation sites is 1. The molecule has 3 heteroatoms. The van der Waals surface area contributed by atoms with Gasteiger partial charge in [-0.3, -0.25) is 0 Å². The maximum absolute atomic E-state index is 6.02. The Morgan fingerprint density at radius 3 is 2.53 bits per heavy atom. The minimum absolute atomic E-state index is 0.240. The Hall–Kier alpha value is -1.51. The average molecular weight is 276 g/mol. The van der Waals surface area contributed by atoms with Gasteiger partial charge < -0.3 is 10.1 Å². The summed E-state index contributed by atoms with van der Waals surface area (Å²) in [6.07, 6.45) is 0. The predicted molar refractivity (Wildman–Crippen MR) is 80.2 cm³/mol. The summed E-state index contributed by atoms with van der Waals surface area (Å²) in [5, 5.41) is 3.95. The Morgan fingerprint density at radius 2 is 1.84 bits per heavy atom. The molecule has 0 bridgehead atoms. The molecule has 0 amide bonds. The van der Waals surface area contributed by atoms with Crippen molar-refractivity contribution in [1.29, 1.82) is 0 Å². The van der Waals surface area contributed by atoms with Crippen molar-refractivity contribution >= 4 is 11.6 Å². The molecular weight excluding hydrogens is 258 g/mol. The van der Waals surface area contributed by atoms with Crippen molar-refractivity contribution in [2.75, 3.05) is 7.05 Å². The second-order valence-corrected chi connectivity index (χ2v) is 5.00. The molecular formula is C16H18ClNO. The zero-order valence-electron chi connectivity index (χ0n) is 11.4. The van der Waals surface area contributed by atoms with Crippen LogP contribution in [0.4, 0.5) is 0 Å². The fourth-order valence-electron chi connectivity index (χ4n) is 1.93. The molecule has 1 atom stereocenters. The molecule has 19 heavy (non-hydrogen) atoms. The van der Waals surface area contributed by atoms with Crippen molar-refractivity contribution in [1.82, 2.24) is 5.32 Å². The molecule has 0 radical (unpaired) electrons. The molecule has 0 saturated heterocycles. The first-order valence-corrected chi connectivity index (χ1v) is 6.70. The van der Waals surface area contributed by atoms with Crippen LogP contribution in [0.5, 0.6) is 11.5 Å². The summed E-state index contributed by atoms with van der Waals surface area (Å²) in [5.74, 6) is 1.70. The first-order chi connectivity index (χ1) is 9.11. The van der Waals surface area contributed by atoms with Crippen LogP contribution in [0.2, 0.25) is 5.02 Å². The first kappa shape index (κ1) is 13.9. The predicted octanol–water partition coefficient (Wildman–Crippen LogP) is 4.72. The molecule has 1 unspecified atom stereocenters. The highest BCUT2D eigenvalue weighted by Crippen LogP contribution is 2.31. The summed E-state index contributed by atoms with van der Waals surface area (Å²) < 4.78 is 6.02. The molecule has 0 heterocycles. The Morgan fingerprint density at radius 1 is 1.11 bits per heavy atom. The maximum Gasteiger partial charge on any atom is 0.132 e. The monoisotopic (exact) mass is 275 g/mol. The summed E-state index contributed by atoms with van der Waals surface area (Å²) in [7, 11) is 1.94. The van der Waals surface area contributed by atoms with Gasteiger partial charge in [0, 0.05) is 16.6 Å². The van der Waals surface area contributed by atoms with Crippen LogP contribution in [0.3, 0.4) is 0 Å². The Labute approximate surface area is 119 Å². The second-order valence-electron chi connectivity index (χ2n) is 4.56. The van der Waals surface area contributed by atoms with E-state index in [1.807, 2.05) is 50.4 Å². The van der Waals surface area contributed by atoms with Gasteiger partial charge in [0.25, 0.3) is 0 Å². The largest absolute Gasteiger partial charge is 0.457 e. The molecule has 1 N–H and O–H groups in total. The molecule has 2 aromatic carbocycles. The van der Waals surface area contributed by atoms with Crippen molar-refractivity contribution in [2.45, 2.75) is 19.9 Å². The van der Waals surface area contributed by atoms with Gasteiger partial charge in [0.05, 0.1) is 0 Å². The van der Waals surface area contributed by atoms with Gasteiger partial charge in [-0.25, -0.2) is 0 Å². The van der Waals surface area contributed by atoms with E-state index in [0.717, 1.165) is 27.6 Å². The number of aryl methyl sites for hydroxylation is 1. The van der Waals surface area contributed by atoms with Crippen LogP contribution in [0.25, 0.3) is 0 Å². The SMILES string of the molecule is CNC(C)c1ccccc1Oc1ccc(Cl)cc1C. The summed E-state index contributed by atoms with van der Waals surface area (Å²) in [6, 6.07) is 13.9. The van der Waals surface area contributed by atoms with E-state index in [9.17, 15) is 0 Å². The Kier molecular flexibility index (Phi) is 4.46. The standard InChI is InChI=1S/C16H18ClNO/c1-11-10-13(17)8-9-15(11)19-16-7-5-4-6-14(16)12(2)18-3/h4-10,12,18H,1-3H3. The van der Waals surface area contributed by atoms with Gasteiger partial charge in [0.15, 0.2) is 0 Å². The van der Waals surface area contributed by atoms with E-state index < -0.39 is 0 Å². The summed E-state index contributed by atoms with van der Waals surface area (Å²) in [4.78, 5) is 0. The second kappa shape index (κ2) is 6.09. The molecule has 0 saturated carbocycles.